The number of alkyl halides is 2. The summed E-state index contributed by atoms with van der Waals surface area (Å²) in [7, 11) is 0. The lowest BCUT2D eigenvalue weighted by Crippen LogP contribution is -2.20. The molecule has 2 nitrogen and oxygen atoms in total. The molecule has 0 fully saturated rings. The summed E-state index contributed by atoms with van der Waals surface area (Å²) in [5, 5.41) is -0.116. The van der Waals surface area contributed by atoms with Crippen LogP contribution < -0.4 is 0 Å². The lowest BCUT2D eigenvalue weighted by Gasteiger charge is -2.15. The van der Waals surface area contributed by atoms with Gasteiger partial charge in [0, 0.05) is 13.2 Å². The van der Waals surface area contributed by atoms with Crippen molar-refractivity contribution in [1.29, 1.82) is 0 Å². The highest BCUT2D eigenvalue weighted by atomic mass is 79.9. The number of rotatable bonds is 5. The average Bonchev–Trinajstić information content (AvgIpc) is 1.89. The van der Waals surface area contributed by atoms with Crippen LogP contribution in [0, 0.1) is 0 Å². The van der Waals surface area contributed by atoms with Gasteiger partial charge in [0.25, 0.3) is 0 Å². The molecule has 10 heavy (non-hydrogen) atoms. The second kappa shape index (κ2) is 6.58. The normalized spacial score (nSPS) is 16.8. The zero-order valence-electron chi connectivity index (χ0n) is 6.14. The van der Waals surface area contributed by atoms with Crippen molar-refractivity contribution in [3.63, 3.8) is 0 Å². The highest BCUT2D eigenvalue weighted by molar-refractivity contribution is 9.12. The lowest BCUT2D eigenvalue weighted by molar-refractivity contribution is 0.0271. The van der Waals surface area contributed by atoms with E-state index in [0.29, 0.717) is 13.2 Å². The van der Waals surface area contributed by atoms with E-state index in [1.165, 1.54) is 0 Å². The van der Waals surface area contributed by atoms with E-state index in [-0.39, 0.29) is 10.0 Å². The predicted octanol–water partition coefficient (Wildman–Crippen LogP) is 2.50. The van der Waals surface area contributed by atoms with Gasteiger partial charge in [-0.15, -0.1) is 0 Å². The van der Waals surface area contributed by atoms with E-state index in [2.05, 4.69) is 31.9 Å². The third-order valence-electron chi connectivity index (χ3n) is 0.858. The van der Waals surface area contributed by atoms with Gasteiger partial charge in [-0.3, -0.25) is 0 Å². The first kappa shape index (κ1) is 10.9. The molecule has 0 rings (SSSR count). The Balaban J connectivity index is 3.38. The average molecular weight is 276 g/mol. The van der Waals surface area contributed by atoms with E-state index in [1.54, 1.807) is 0 Å². The number of halogens is 2. The van der Waals surface area contributed by atoms with E-state index in [1.807, 2.05) is 13.8 Å². The second-order valence-corrected chi connectivity index (χ2v) is 3.42. The van der Waals surface area contributed by atoms with Gasteiger partial charge in [0.2, 0.25) is 0 Å². The molecule has 0 aromatic rings. The van der Waals surface area contributed by atoms with Gasteiger partial charge in [-0.05, 0) is 13.8 Å². The number of hydrogen-bond donors (Lipinski definition) is 0. The monoisotopic (exact) mass is 274 g/mol. The molecule has 0 aliphatic carbocycles. The van der Waals surface area contributed by atoms with E-state index in [9.17, 15) is 0 Å². The van der Waals surface area contributed by atoms with Crippen molar-refractivity contribution in [2.45, 2.75) is 23.9 Å². The quantitative estimate of drug-likeness (QED) is 0.718. The van der Waals surface area contributed by atoms with E-state index in [0.717, 1.165) is 0 Å². The van der Waals surface area contributed by atoms with Gasteiger partial charge in [-0.2, -0.15) is 0 Å². The highest BCUT2D eigenvalue weighted by Gasteiger charge is 2.14. The third kappa shape index (κ3) is 4.66. The summed E-state index contributed by atoms with van der Waals surface area (Å²) in [5.74, 6) is 0. The van der Waals surface area contributed by atoms with Crippen molar-refractivity contribution in [1.82, 2.24) is 0 Å². The van der Waals surface area contributed by atoms with Crippen LogP contribution in [0.15, 0.2) is 0 Å². The fourth-order valence-electron chi connectivity index (χ4n) is 0.470. The highest BCUT2D eigenvalue weighted by Crippen LogP contribution is 2.16. The first-order valence-electron chi connectivity index (χ1n) is 3.23. The molecule has 0 aromatic heterocycles. The predicted molar refractivity (Wildman–Crippen MR) is 48.7 cm³/mol. The molecule has 0 heterocycles. The van der Waals surface area contributed by atoms with Gasteiger partial charge in [0.15, 0.2) is 0 Å². The van der Waals surface area contributed by atoms with Crippen LogP contribution in [0.4, 0.5) is 0 Å². The van der Waals surface area contributed by atoms with Crippen LogP contribution >= 0.6 is 31.9 Å². The van der Waals surface area contributed by atoms with Gasteiger partial charge >= 0.3 is 0 Å². The largest absolute Gasteiger partial charge is 0.364 e. The van der Waals surface area contributed by atoms with Crippen molar-refractivity contribution in [3.05, 3.63) is 0 Å². The molecule has 0 aromatic carbocycles. The van der Waals surface area contributed by atoms with Gasteiger partial charge in [0.05, 0.1) is 0 Å². The Hall–Kier alpha value is 0.880. The smallest absolute Gasteiger partial charge is 0.148 e. The molecule has 4 heteroatoms. The summed E-state index contributed by atoms with van der Waals surface area (Å²) >= 11 is 6.62. The SMILES string of the molecule is CCOC(Br)C(Br)OCC. The second-order valence-electron chi connectivity index (χ2n) is 1.61. The maximum Gasteiger partial charge on any atom is 0.148 e. The fourth-order valence-corrected chi connectivity index (χ4v) is 1.30. The molecule has 2 atom stereocenters. The zero-order valence-corrected chi connectivity index (χ0v) is 9.31. The van der Waals surface area contributed by atoms with Crippen molar-refractivity contribution >= 4 is 31.9 Å². The molecule has 0 saturated heterocycles. The molecule has 0 aliphatic heterocycles. The van der Waals surface area contributed by atoms with Crippen LogP contribution in [0.25, 0.3) is 0 Å². The fraction of sp³-hybridized carbons (Fsp3) is 1.00. The van der Waals surface area contributed by atoms with E-state index < -0.39 is 0 Å². The minimum Gasteiger partial charge on any atom is -0.364 e. The summed E-state index contributed by atoms with van der Waals surface area (Å²) in [6.45, 7) is 5.26. The minimum atomic E-state index is -0.0579. The molecule has 2 unspecified atom stereocenters. The van der Waals surface area contributed by atoms with Gasteiger partial charge in [-0.1, -0.05) is 31.9 Å². The van der Waals surface area contributed by atoms with E-state index in [4.69, 9.17) is 9.47 Å². The molecule has 62 valence electrons. The van der Waals surface area contributed by atoms with Crippen LogP contribution in [-0.2, 0) is 9.47 Å². The van der Waals surface area contributed by atoms with Crippen LogP contribution in [-0.4, -0.2) is 23.2 Å². The molecular formula is C6H12Br2O2. The molecular weight excluding hydrogens is 264 g/mol. The summed E-state index contributed by atoms with van der Waals surface area (Å²) < 4.78 is 10.4. The van der Waals surface area contributed by atoms with E-state index >= 15 is 0 Å². The molecule has 0 saturated carbocycles. The van der Waals surface area contributed by atoms with Crippen LogP contribution in [0.1, 0.15) is 13.8 Å². The zero-order chi connectivity index (χ0) is 7.98. The standard InChI is InChI=1S/C6H12Br2O2/c1-3-9-5(7)6(8)10-4-2/h5-6H,3-4H2,1-2H3. The Labute approximate surface area is 78.5 Å². The summed E-state index contributed by atoms with van der Waals surface area (Å²) in [4.78, 5) is 0. The first-order valence-corrected chi connectivity index (χ1v) is 5.06. The van der Waals surface area contributed by atoms with Crippen molar-refractivity contribution in [2.75, 3.05) is 13.2 Å². The summed E-state index contributed by atoms with van der Waals surface area (Å²) in [5.41, 5.74) is 0. The topological polar surface area (TPSA) is 18.5 Å². The van der Waals surface area contributed by atoms with Crippen molar-refractivity contribution in [3.8, 4) is 0 Å². The summed E-state index contributed by atoms with van der Waals surface area (Å²) in [6, 6.07) is 0. The Morgan fingerprint density at radius 3 is 1.50 bits per heavy atom. The lowest BCUT2D eigenvalue weighted by atomic mass is 10.7. The molecule has 0 N–H and O–H groups in total. The molecule has 0 amide bonds. The Morgan fingerprint density at radius 2 is 1.30 bits per heavy atom. The van der Waals surface area contributed by atoms with Crippen LogP contribution in [0.2, 0.25) is 0 Å². The molecule has 0 aliphatic rings. The van der Waals surface area contributed by atoms with Crippen LogP contribution in [0.3, 0.4) is 0 Å². The maximum atomic E-state index is 5.20. The van der Waals surface area contributed by atoms with Crippen molar-refractivity contribution in [2.24, 2.45) is 0 Å². The first-order chi connectivity index (χ1) is 4.72. The van der Waals surface area contributed by atoms with Gasteiger partial charge in [0.1, 0.15) is 10.0 Å². The molecule has 0 radical (unpaired) electrons. The Morgan fingerprint density at radius 1 is 1.00 bits per heavy atom. The van der Waals surface area contributed by atoms with Crippen molar-refractivity contribution < 1.29 is 9.47 Å². The van der Waals surface area contributed by atoms with Gasteiger partial charge in [-0.25, -0.2) is 0 Å². The van der Waals surface area contributed by atoms with Crippen LogP contribution in [0.5, 0.6) is 0 Å². The Kier molecular flexibility index (Phi) is 7.16. The number of hydrogen-bond acceptors (Lipinski definition) is 2. The summed E-state index contributed by atoms with van der Waals surface area (Å²) in [6.07, 6.45) is 0. The molecule has 0 spiro atoms. The maximum absolute atomic E-state index is 5.20. The number of ether oxygens (including phenoxy) is 2. The minimum absolute atomic E-state index is 0.0579. The Bertz CT molecular complexity index is 70.1. The van der Waals surface area contributed by atoms with Gasteiger partial charge < -0.3 is 9.47 Å². The third-order valence-corrected chi connectivity index (χ3v) is 3.06. The molecule has 0 bridgehead atoms.